The van der Waals surface area contributed by atoms with Crippen molar-refractivity contribution < 1.29 is 20.1 Å². The smallest absolute Gasteiger partial charge is 0.335 e. The zero-order valence-electron chi connectivity index (χ0n) is 13.0. The summed E-state index contributed by atoms with van der Waals surface area (Å²) in [5.41, 5.74) is -0.474. The van der Waals surface area contributed by atoms with Crippen molar-refractivity contribution in [2.75, 3.05) is 18.5 Å². The molecule has 0 spiro atoms. The molecule has 6 heteroatoms. The summed E-state index contributed by atoms with van der Waals surface area (Å²) in [6.45, 7) is 7.10. The second-order valence-electron chi connectivity index (χ2n) is 6.26. The lowest BCUT2D eigenvalue weighted by Gasteiger charge is -2.31. The van der Waals surface area contributed by atoms with Crippen molar-refractivity contribution in [1.29, 1.82) is 0 Å². The molecule has 1 heterocycles. The summed E-state index contributed by atoms with van der Waals surface area (Å²) in [6.07, 6.45) is 0.476. The van der Waals surface area contributed by atoms with Gasteiger partial charge in [0, 0.05) is 11.1 Å². The Kier molecular flexibility index (Phi) is 5.31. The fourth-order valence-corrected chi connectivity index (χ4v) is 1.82. The lowest BCUT2D eigenvalue weighted by atomic mass is 9.90. The van der Waals surface area contributed by atoms with Gasteiger partial charge in [-0.15, -0.1) is 0 Å². The molecule has 1 aromatic rings. The van der Waals surface area contributed by atoms with E-state index in [0.29, 0.717) is 17.9 Å². The van der Waals surface area contributed by atoms with Crippen LogP contribution in [0.1, 0.15) is 50.2 Å². The first-order valence-electron chi connectivity index (χ1n) is 6.93. The third kappa shape index (κ3) is 4.15. The van der Waals surface area contributed by atoms with E-state index in [0.717, 1.165) is 0 Å². The van der Waals surface area contributed by atoms with E-state index in [1.165, 1.54) is 6.07 Å². The van der Waals surface area contributed by atoms with Gasteiger partial charge in [-0.25, -0.2) is 9.78 Å². The number of carboxylic acid groups (broad SMARTS) is 1. The van der Waals surface area contributed by atoms with E-state index in [-0.39, 0.29) is 24.2 Å². The van der Waals surface area contributed by atoms with Gasteiger partial charge < -0.3 is 20.6 Å². The predicted octanol–water partition coefficient (Wildman–Crippen LogP) is 1.62. The van der Waals surface area contributed by atoms with E-state index in [1.54, 1.807) is 6.07 Å². The van der Waals surface area contributed by atoms with Gasteiger partial charge in [0.15, 0.2) is 0 Å². The van der Waals surface area contributed by atoms with Crippen LogP contribution in [0.5, 0.6) is 0 Å². The maximum Gasteiger partial charge on any atom is 0.335 e. The normalized spacial score (nSPS) is 12.3. The van der Waals surface area contributed by atoms with E-state index in [9.17, 15) is 20.1 Å². The highest BCUT2D eigenvalue weighted by Gasteiger charge is 2.28. The molecule has 0 saturated carbocycles. The Morgan fingerprint density at radius 2 is 1.81 bits per heavy atom. The van der Waals surface area contributed by atoms with E-state index < -0.39 is 11.5 Å². The highest BCUT2D eigenvalue weighted by Crippen LogP contribution is 2.25. The molecule has 0 bridgehead atoms. The summed E-state index contributed by atoms with van der Waals surface area (Å²) in [7, 11) is 0. The van der Waals surface area contributed by atoms with Crippen molar-refractivity contribution >= 4 is 11.8 Å². The standard InChI is InChI=1S/C15H24N2O4/c1-5-15(8-18,9-19)17-12-7-10(13(20)21)6-11(16-12)14(2,3)4/h6-7,18-19H,5,8-9H2,1-4H3,(H,16,17)(H,20,21). The van der Waals surface area contributed by atoms with E-state index in [1.807, 2.05) is 27.7 Å². The zero-order chi connectivity index (χ0) is 16.3. The molecule has 0 aromatic carbocycles. The number of nitrogens with one attached hydrogen (secondary N) is 1. The van der Waals surface area contributed by atoms with Crippen LogP contribution in [0.2, 0.25) is 0 Å². The monoisotopic (exact) mass is 296 g/mol. The number of pyridine rings is 1. The quantitative estimate of drug-likeness (QED) is 0.636. The van der Waals surface area contributed by atoms with E-state index in [4.69, 9.17) is 0 Å². The molecule has 0 radical (unpaired) electrons. The number of carbonyl (C=O) groups is 1. The summed E-state index contributed by atoms with van der Waals surface area (Å²) >= 11 is 0. The Balaban J connectivity index is 3.29. The van der Waals surface area contributed by atoms with Crippen LogP contribution in [0.3, 0.4) is 0 Å². The van der Waals surface area contributed by atoms with Crippen LogP contribution in [-0.2, 0) is 5.41 Å². The largest absolute Gasteiger partial charge is 0.478 e. The van der Waals surface area contributed by atoms with E-state index >= 15 is 0 Å². The average molecular weight is 296 g/mol. The van der Waals surface area contributed by atoms with Gasteiger partial charge in [-0.05, 0) is 18.6 Å². The number of carboxylic acids is 1. The van der Waals surface area contributed by atoms with Gasteiger partial charge in [-0.2, -0.15) is 0 Å². The molecule has 1 aromatic heterocycles. The minimum Gasteiger partial charge on any atom is -0.478 e. The van der Waals surface area contributed by atoms with Crippen molar-refractivity contribution in [1.82, 2.24) is 4.98 Å². The summed E-state index contributed by atoms with van der Waals surface area (Å²) in [5, 5.41) is 31.1. The van der Waals surface area contributed by atoms with Crippen molar-refractivity contribution in [3.05, 3.63) is 23.4 Å². The van der Waals surface area contributed by atoms with Crippen LogP contribution in [0.25, 0.3) is 0 Å². The Morgan fingerprint density at radius 1 is 1.24 bits per heavy atom. The first-order valence-corrected chi connectivity index (χ1v) is 6.93. The summed E-state index contributed by atoms with van der Waals surface area (Å²) in [6, 6.07) is 2.95. The van der Waals surface area contributed by atoms with Gasteiger partial charge >= 0.3 is 5.97 Å². The molecule has 0 atom stereocenters. The van der Waals surface area contributed by atoms with Crippen molar-refractivity contribution in [3.63, 3.8) is 0 Å². The number of hydrogen-bond acceptors (Lipinski definition) is 5. The van der Waals surface area contributed by atoms with Crippen LogP contribution in [0.15, 0.2) is 12.1 Å². The summed E-state index contributed by atoms with van der Waals surface area (Å²) in [4.78, 5) is 15.7. The number of hydrogen-bond donors (Lipinski definition) is 4. The third-order valence-corrected chi connectivity index (χ3v) is 3.52. The molecule has 0 fully saturated rings. The maximum absolute atomic E-state index is 11.3. The molecule has 0 unspecified atom stereocenters. The Hall–Kier alpha value is -1.66. The highest BCUT2D eigenvalue weighted by atomic mass is 16.4. The number of anilines is 1. The lowest BCUT2D eigenvalue weighted by molar-refractivity contribution is 0.0696. The van der Waals surface area contributed by atoms with Crippen LogP contribution in [-0.4, -0.2) is 45.0 Å². The van der Waals surface area contributed by atoms with E-state index in [2.05, 4.69) is 10.3 Å². The van der Waals surface area contributed by atoms with Crippen LogP contribution < -0.4 is 5.32 Å². The molecular formula is C15H24N2O4. The molecule has 0 aliphatic carbocycles. The SMILES string of the molecule is CCC(CO)(CO)Nc1cc(C(=O)O)cc(C(C)(C)C)n1. The third-order valence-electron chi connectivity index (χ3n) is 3.52. The van der Waals surface area contributed by atoms with Crippen molar-refractivity contribution in [2.24, 2.45) is 0 Å². The number of rotatable bonds is 6. The zero-order valence-corrected chi connectivity index (χ0v) is 13.0. The van der Waals surface area contributed by atoms with Crippen LogP contribution in [0.4, 0.5) is 5.82 Å². The molecular weight excluding hydrogens is 272 g/mol. The van der Waals surface area contributed by atoms with Gasteiger partial charge in [-0.1, -0.05) is 27.7 Å². The van der Waals surface area contributed by atoms with Crippen LogP contribution >= 0.6 is 0 Å². The van der Waals surface area contributed by atoms with Gasteiger partial charge in [0.25, 0.3) is 0 Å². The second-order valence-corrected chi connectivity index (χ2v) is 6.26. The van der Waals surface area contributed by atoms with Gasteiger partial charge in [-0.3, -0.25) is 0 Å². The van der Waals surface area contributed by atoms with Crippen molar-refractivity contribution in [2.45, 2.75) is 45.1 Å². The second kappa shape index (κ2) is 6.41. The molecule has 21 heavy (non-hydrogen) atoms. The molecule has 0 aliphatic heterocycles. The number of aromatic carboxylic acids is 1. The number of nitrogens with zero attached hydrogens (tertiary/aromatic N) is 1. The van der Waals surface area contributed by atoms with Gasteiger partial charge in [0.1, 0.15) is 5.82 Å². The van der Waals surface area contributed by atoms with Crippen LogP contribution in [0, 0.1) is 0 Å². The highest BCUT2D eigenvalue weighted by molar-refractivity contribution is 5.88. The number of aromatic nitrogens is 1. The number of aliphatic hydroxyl groups excluding tert-OH is 2. The first kappa shape index (κ1) is 17.4. The molecule has 0 aliphatic rings. The van der Waals surface area contributed by atoms with Gasteiger partial charge in [0.05, 0.1) is 24.3 Å². The molecule has 4 N–H and O–H groups in total. The topological polar surface area (TPSA) is 103 Å². The molecule has 0 amide bonds. The summed E-state index contributed by atoms with van der Waals surface area (Å²) < 4.78 is 0. The average Bonchev–Trinajstić information content (AvgIpc) is 2.43. The maximum atomic E-state index is 11.3. The summed E-state index contributed by atoms with van der Waals surface area (Å²) in [5.74, 6) is -0.703. The Labute approximate surface area is 124 Å². The number of aliphatic hydroxyl groups is 2. The Morgan fingerprint density at radius 3 is 2.19 bits per heavy atom. The minimum absolute atomic E-state index is 0.123. The molecule has 0 saturated heterocycles. The Bertz CT molecular complexity index is 497. The molecule has 6 nitrogen and oxygen atoms in total. The molecule has 118 valence electrons. The predicted molar refractivity (Wildman–Crippen MR) is 80.7 cm³/mol. The fraction of sp³-hybridized carbons (Fsp3) is 0.600. The first-order chi connectivity index (χ1) is 9.67. The molecule has 1 rings (SSSR count). The lowest BCUT2D eigenvalue weighted by Crippen LogP contribution is -2.45. The fourth-order valence-electron chi connectivity index (χ4n) is 1.82. The van der Waals surface area contributed by atoms with Gasteiger partial charge in [0.2, 0.25) is 0 Å². The van der Waals surface area contributed by atoms with Crippen molar-refractivity contribution in [3.8, 4) is 0 Å². The minimum atomic E-state index is -1.04.